The lowest BCUT2D eigenvalue weighted by Gasteiger charge is -2.32. The molecule has 1 aliphatic rings. The third kappa shape index (κ3) is 3.33. The Kier molecular flexibility index (Phi) is 4.79. The maximum absolute atomic E-state index is 6.56. The van der Waals surface area contributed by atoms with Crippen LogP contribution in [-0.2, 0) is 9.31 Å². The molecule has 0 radical (unpaired) electrons. The number of fused-ring (bicyclic) bond motifs is 7. The van der Waals surface area contributed by atoms with Crippen molar-refractivity contribution < 1.29 is 9.31 Å². The maximum atomic E-state index is 6.56. The van der Waals surface area contributed by atoms with Crippen molar-refractivity contribution in [3.63, 3.8) is 0 Å². The van der Waals surface area contributed by atoms with Crippen molar-refractivity contribution in [2.45, 2.75) is 38.9 Å². The molecule has 1 saturated heterocycles. The van der Waals surface area contributed by atoms with Gasteiger partial charge in [-0.3, -0.25) is 0 Å². The fraction of sp³-hybridized carbons (Fsp3) is 0.182. The summed E-state index contributed by atoms with van der Waals surface area (Å²) >= 11 is 0. The van der Waals surface area contributed by atoms with Crippen LogP contribution in [0.2, 0.25) is 0 Å². The van der Waals surface area contributed by atoms with Crippen molar-refractivity contribution in [3.8, 4) is 11.3 Å². The minimum absolute atomic E-state index is 0.420. The molecule has 5 aromatic carbocycles. The van der Waals surface area contributed by atoms with E-state index in [1.807, 2.05) is 6.07 Å². The normalized spacial score (nSPS) is 16.8. The molecule has 0 unspecified atom stereocenters. The van der Waals surface area contributed by atoms with Gasteiger partial charge in [0.25, 0.3) is 0 Å². The lowest BCUT2D eigenvalue weighted by Crippen LogP contribution is -2.41. The van der Waals surface area contributed by atoms with Gasteiger partial charge in [0.1, 0.15) is 0 Å². The molecule has 0 aliphatic carbocycles. The second kappa shape index (κ2) is 7.88. The number of hydrogen-bond donors (Lipinski definition) is 0. The molecule has 3 nitrogen and oxygen atoms in total. The molecule has 1 fully saturated rings. The van der Waals surface area contributed by atoms with Gasteiger partial charge < -0.3 is 9.31 Å². The fourth-order valence-corrected chi connectivity index (χ4v) is 5.61. The van der Waals surface area contributed by atoms with Gasteiger partial charge in [-0.05, 0) is 49.3 Å². The SMILES string of the molecule is CC1(C)OB(c2cc3c(-c4ccccc4)nc4c5ccccc5ccc4c3c3ccccc23)OC1(C)C. The highest BCUT2D eigenvalue weighted by molar-refractivity contribution is 6.66. The highest BCUT2D eigenvalue weighted by atomic mass is 16.7. The van der Waals surface area contributed by atoms with Gasteiger partial charge in [-0.15, -0.1) is 0 Å². The maximum Gasteiger partial charge on any atom is 0.495 e. The monoisotopic (exact) mass is 481 g/mol. The molecule has 180 valence electrons. The molecule has 0 N–H and O–H groups in total. The molecule has 0 bridgehead atoms. The van der Waals surface area contributed by atoms with Crippen LogP contribution in [0.5, 0.6) is 0 Å². The van der Waals surface area contributed by atoms with Crippen LogP contribution in [0.25, 0.3) is 54.5 Å². The van der Waals surface area contributed by atoms with E-state index in [0.717, 1.165) is 43.8 Å². The Bertz CT molecular complexity index is 1830. The molecular weight excluding hydrogens is 453 g/mol. The molecule has 1 aliphatic heterocycles. The third-order valence-electron chi connectivity index (χ3n) is 8.28. The average molecular weight is 481 g/mol. The van der Waals surface area contributed by atoms with Crippen LogP contribution in [-0.4, -0.2) is 23.3 Å². The summed E-state index contributed by atoms with van der Waals surface area (Å²) in [6.45, 7) is 8.41. The van der Waals surface area contributed by atoms with Crippen molar-refractivity contribution >= 4 is 55.8 Å². The van der Waals surface area contributed by atoms with Gasteiger partial charge in [0.05, 0.1) is 22.4 Å². The summed E-state index contributed by atoms with van der Waals surface area (Å²) in [5.41, 5.74) is 3.30. The first-order valence-electron chi connectivity index (χ1n) is 12.9. The Morgan fingerprint density at radius 1 is 0.595 bits per heavy atom. The second-order valence-electron chi connectivity index (χ2n) is 11.0. The predicted molar refractivity (Wildman–Crippen MR) is 155 cm³/mol. The van der Waals surface area contributed by atoms with E-state index in [4.69, 9.17) is 14.3 Å². The van der Waals surface area contributed by atoms with Gasteiger partial charge in [0.2, 0.25) is 0 Å². The Labute approximate surface area is 217 Å². The first kappa shape index (κ1) is 22.5. The zero-order valence-corrected chi connectivity index (χ0v) is 21.6. The highest BCUT2D eigenvalue weighted by Gasteiger charge is 2.52. The van der Waals surface area contributed by atoms with Gasteiger partial charge >= 0.3 is 7.12 Å². The molecule has 2 heterocycles. The highest BCUT2D eigenvalue weighted by Crippen LogP contribution is 2.41. The van der Waals surface area contributed by atoms with Crippen LogP contribution in [0.15, 0.2) is 97.1 Å². The fourth-order valence-electron chi connectivity index (χ4n) is 5.61. The smallest absolute Gasteiger partial charge is 0.399 e. The molecule has 0 saturated carbocycles. The predicted octanol–water partition coefficient (Wildman–Crippen LogP) is 7.66. The molecule has 7 rings (SSSR count). The van der Waals surface area contributed by atoms with Crippen LogP contribution in [0.3, 0.4) is 0 Å². The van der Waals surface area contributed by atoms with Crippen molar-refractivity contribution in [2.75, 3.05) is 0 Å². The van der Waals surface area contributed by atoms with Gasteiger partial charge in [-0.2, -0.15) is 0 Å². The minimum atomic E-state index is -0.463. The standard InChI is InChI=1S/C33H28BNO2/c1-32(2)33(3,4)37-34(36-32)28-20-27-29(25-17-11-10-16-24(25)28)26-19-18-21-12-8-9-15-23(21)31(26)35-30(27)22-13-6-5-7-14-22/h5-20H,1-4H3. The summed E-state index contributed by atoms with van der Waals surface area (Å²) in [5, 5.41) is 8.17. The van der Waals surface area contributed by atoms with Crippen LogP contribution in [0, 0.1) is 0 Å². The van der Waals surface area contributed by atoms with E-state index in [9.17, 15) is 0 Å². The van der Waals surface area contributed by atoms with Gasteiger partial charge in [0.15, 0.2) is 0 Å². The van der Waals surface area contributed by atoms with Crippen LogP contribution >= 0.6 is 0 Å². The molecule has 4 heteroatoms. The van der Waals surface area contributed by atoms with E-state index in [1.54, 1.807) is 0 Å². The molecule has 37 heavy (non-hydrogen) atoms. The lowest BCUT2D eigenvalue weighted by molar-refractivity contribution is 0.00578. The molecule has 6 aromatic rings. The van der Waals surface area contributed by atoms with Gasteiger partial charge in [0, 0.05) is 27.1 Å². The van der Waals surface area contributed by atoms with Gasteiger partial charge in [-0.1, -0.05) is 97.1 Å². The Hall–Kier alpha value is -3.73. The molecular formula is C33H28BNO2. The zero-order valence-electron chi connectivity index (χ0n) is 21.6. The third-order valence-corrected chi connectivity index (χ3v) is 8.28. The second-order valence-corrected chi connectivity index (χ2v) is 11.0. The molecule has 0 atom stereocenters. The Morgan fingerprint density at radius 3 is 1.95 bits per heavy atom. The Balaban J connectivity index is 1.65. The lowest BCUT2D eigenvalue weighted by atomic mass is 9.74. The van der Waals surface area contributed by atoms with Crippen LogP contribution < -0.4 is 5.46 Å². The zero-order chi connectivity index (χ0) is 25.4. The van der Waals surface area contributed by atoms with E-state index < -0.39 is 18.3 Å². The largest absolute Gasteiger partial charge is 0.495 e. The number of pyridine rings is 1. The summed E-state index contributed by atoms with van der Waals surface area (Å²) < 4.78 is 13.1. The summed E-state index contributed by atoms with van der Waals surface area (Å²) in [6.07, 6.45) is 0. The molecule has 0 amide bonds. The van der Waals surface area contributed by atoms with E-state index in [0.29, 0.717) is 0 Å². The topological polar surface area (TPSA) is 31.4 Å². The van der Waals surface area contributed by atoms with Crippen LogP contribution in [0.4, 0.5) is 0 Å². The number of benzene rings is 5. The van der Waals surface area contributed by atoms with Crippen molar-refractivity contribution in [1.29, 1.82) is 0 Å². The number of nitrogens with zero attached hydrogens (tertiary/aromatic N) is 1. The Morgan fingerprint density at radius 2 is 1.22 bits per heavy atom. The van der Waals surface area contributed by atoms with Crippen molar-refractivity contribution in [2.24, 2.45) is 0 Å². The minimum Gasteiger partial charge on any atom is -0.399 e. The van der Waals surface area contributed by atoms with E-state index in [2.05, 4.69) is 119 Å². The average Bonchev–Trinajstić information content (AvgIpc) is 3.14. The quantitative estimate of drug-likeness (QED) is 0.188. The summed E-state index contributed by atoms with van der Waals surface area (Å²) in [6, 6.07) is 34.3. The van der Waals surface area contributed by atoms with Gasteiger partial charge in [-0.25, -0.2) is 4.98 Å². The molecule has 0 spiro atoms. The number of aromatic nitrogens is 1. The van der Waals surface area contributed by atoms with Crippen molar-refractivity contribution in [3.05, 3.63) is 97.1 Å². The number of hydrogen-bond acceptors (Lipinski definition) is 3. The summed E-state index contributed by atoms with van der Waals surface area (Å²) in [4.78, 5) is 5.35. The molecule has 1 aromatic heterocycles. The van der Waals surface area contributed by atoms with E-state index in [-0.39, 0.29) is 0 Å². The summed E-state index contributed by atoms with van der Waals surface area (Å²) in [5.74, 6) is 0. The summed E-state index contributed by atoms with van der Waals surface area (Å²) in [7, 11) is -0.463. The van der Waals surface area contributed by atoms with Crippen LogP contribution in [0.1, 0.15) is 27.7 Å². The number of rotatable bonds is 2. The van der Waals surface area contributed by atoms with E-state index >= 15 is 0 Å². The van der Waals surface area contributed by atoms with Crippen molar-refractivity contribution in [1.82, 2.24) is 4.98 Å². The first-order valence-corrected chi connectivity index (χ1v) is 12.9. The van der Waals surface area contributed by atoms with E-state index in [1.165, 1.54) is 16.2 Å². The first-order chi connectivity index (χ1) is 17.8.